The van der Waals surface area contributed by atoms with Gasteiger partial charge in [-0.25, -0.2) is 4.98 Å². The number of rotatable bonds is 3. The quantitative estimate of drug-likeness (QED) is 0.818. The number of imidazole rings is 1. The zero-order valence-electron chi connectivity index (χ0n) is 10.3. The molecule has 0 bridgehead atoms. The molecule has 0 amide bonds. The normalized spacial score (nSPS) is 23.1. The predicted octanol–water partition coefficient (Wildman–Crippen LogP) is 2.28. The molecule has 3 rings (SSSR count). The van der Waals surface area contributed by atoms with Gasteiger partial charge in [0.05, 0.1) is 12.2 Å². The summed E-state index contributed by atoms with van der Waals surface area (Å²) in [5.41, 5.74) is 2.96. The highest BCUT2D eigenvalue weighted by molar-refractivity contribution is 5.26. The molecular weight excluding hydrogens is 198 g/mol. The number of aryl methyl sites for hydroxylation is 1. The topological polar surface area (TPSA) is 40.7 Å². The average Bonchev–Trinajstić information content (AvgIpc) is 2.95. The number of H-pyrrole nitrogens is 1. The molecule has 0 atom stereocenters. The number of nitrogens with one attached hydrogen (secondary N) is 2. The second kappa shape index (κ2) is 3.59. The van der Waals surface area contributed by atoms with Crippen LogP contribution in [-0.4, -0.2) is 16.0 Å². The number of hydrogen-bond donors (Lipinski definition) is 2. The summed E-state index contributed by atoms with van der Waals surface area (Å²) in [6.45, 7) is 5.53. The van der Waals surface area contributed by atoms with Crippen molar-refractivity contribution < 1.29 is 0 Å². The number of nitrogens with zero attached hydrogens (tertiary/aromatic N) is 1. The fourth-order valence-electron chi connectivity index (χ4n) is 2.64. The van der Waals surface area contributed by atoms with E-state index in [4.69, 9.17) is 4.98 Å². The van der Waals surface area contributed by atoms with E-state index < -0.39 is 0 Å². The second-order valence-corrected chi connectivity index (χ2v) is 5.90. The van der Waals surface area contributed by atoms with Crippen LogP contribution in [0.25, 0.3) is 0 Å². The molecule has 0 spiro atoms. The first-order valence-corrected chi connectivity index (χ1v) is 6.47. The first kappa shape index (κ1) is 10.3. The van der Waals surface area contributed by atoms with E-state index in [0.29, 0.717) is 0 Å². The minimum absolute atomic E-state index is 0.266. The Bertz CT molecular complexity index is 388. The van der Waals surface area contributed by atoms with Crippen molar-refractivity contribution in [2.45, 2.75) is 64.0 Å². The van der Waals surface area contributed by atoms with Crippen molar-refractivity contribution in [2.24, 2.45) is 0 Å². The Morgan fingerprint density at radius 1 is 1.44 bits per heavy atom. The smallest absolute Gasteiger partial charge is 0.120 e. The highest BCUT2D eigenvalue weighted by atomic mass is 15.0. The minimum atomic E-state index is 0.266. The molecule has 0 saturated heterocycles. The van der Waals surface area contributed by atoms with E-state index in [1.807, 2.05) is 0 Å². The lowest BCUT2D eigenvalue weighted by molar-refractivity contribution is 0.419. The monoisotopic (exact) mass is 219 g/mol. The van der Waals surface area contributed by atoms with Crippen LogP contribution >= 0.6 is 0 Å². The summed E-state index contributed by atoms with van der Waals surface area (Å²) in [6, 6.07) is 0.759. The van der Waals surface area contributed by atoms with E-state index in [1.54, 1.807) is 0 Å². The summed E-state index contributed by atoms with van der Waals surface area (Å²) in [5, 5.41) is 3.52. The van der Waals surface area contributed by atoms with Crippen LogP contribution in [0.3, 0.4) is 0 Å². The molecule has 1 aromatic heterocycles. The maximum Gasteiger partial charge on any atom is 0.120 e. The second-order valence-electron chi connectivity index (χ2n) is 5.90. The largest absolute Gasteiger partial charge is 0.345 e. The zero-order chi connectivity index (χ0) is 11.2. The summed E-state index contributed by atoms with van der Waals surface area (Å²) < 4.78 is 0. The fourth-order valence-corrected chi connectivity index (χ4v) is 2.64. The molecule has 0 aromatic carbocycles. The van der Waals surface area contributed by atoms with Gasteiger partial charge in [0.15, 0.2) is 0 Å². The van der Waals surface area contributed by atoms with E-state index in [1.165, 1.54) is 43.5 Å². The van der Waals surface area contributed by atoms with Crippen LogP contribution in [0.4, 0.5) is 0 Å². The van der Waals surface area contributed by atoms with Crippen molar-refractivity contribution >= 4 is 0 Å². The number of fused-ring (bicyclic) bond motifs is 1. The lowest BCUT2D eigenvalue weighted by Gasteiger charge is -2.27. The third-order valence-corrected chi connectivity index (χ3v) is 3.83. The van der Waals surface area contributed by atoms with E-state index in [2.05, 4.69) is 24.1 Å². The third kappa shape index (κ3) is 1.88. The Morgan fingerprint density at radius 2 is 2.25 bits per heavy atom. The molecule has 1 heterocycles. The Labute approximate surface area is 97.0 Å². The summed E-state index contributed by atoms with van der Waals surface area (Å²) in [5.74, 6) is 1.13. The Kier molecular flexibility index (Phi) is 2.32. The molecule has 3 nitrogen and oxygen atoms in total. The molecule has 0 unspecified atom stereocenters. The molecule has 0 radical (unpaired) electrons. The lowest BCUT2D eigenvalue weighted by Crippen LogP contribution is -2.23. The number of hydrogen-bond acceptors (Lipinski definition) is 2. The summed E-state index contributed by atoms with van der Waals surface area (Å²) in [6.07, 6.45) is 6.41. The van der Waals surface area contributed by atoms with Gasteiger partial charge in [-0.05, 0) is 32.1 Å². The van der Waals surface area contributed by atoms with Crippen LogP contribution in [0.15, 0.2) is 0 Å². The molecule has 3 heteroatoms. The maximum absolute atomic E-state index is 4.79. The molecule has 2 N–H and O–H groups in total. The Balaban J connectivity index is 1.78. The predicted molar refractivity (Wildman–Crippen MR) is 64.4 cm³/mol. The number of aromatic nitrogens is 2. The number of aromatic amines is 1. The van der Waals surface area contributed by atoms with Gasteiger partial charge in [-0.2, -0.15) is 0 Å². The standard InChI is InChI=1S/C13H21N3/c1-13(2)7-3-4-10-12(13)16-11(15-10)8-14-9-5-6-9/h9,14H,3-8H2,1-2H3,(H,15,16). The molecule has 1 fully saturated rings. The first-order valence-electron chi connectivity index (χ1n) is 6.47. The third-order valence-electron chi connectivity index (χ3n) is 3.83. The minimum Gasteiger partial charge on any atom is -0.345 e. The van der Waals surface area contributed by atoms with Crippen LogP contribution in [-0.2, 0) is 18.4 Å². The van der Waals surface area contributed by atoms with Gasteiger partial charge in [-0.15, -0.1) is 0 Å². The fraction of sp³-hybridized carbons (Fsp3) is 0.769. The van der Waals surface area contributed by atoms with Crippen molar-refractivity contribution in [2.75, 3.05) is 0 Å². The molecular formula is C13H21N3. The van der Waals surface area contributed by atoms with Gasteiger partial charge in [0, 0.05) is 17.2 Å². The Morgan fingerprint density at radius 3 is 2.94 bits per heavy atom. The van der Waals surface area contributed by atoms with Crippen molar-refractivity contribution in [1.29, 1.82) is 0 Å². The average molecular weight is 219 g/mol. The summed E-state index contributed by atoms with van der Waals surface area (Å²) >= 11 is 0. The van der Waals surface area contributed by atoms with Gasteiger partial charge >= 0.3 is 0 Å². The molecule has 16 heavy (non-hydrogen) atoms. The highest BCUT2D eigenvalue weighted by Crippen LogP contribution is 2.35. The van der Waals surface area contributed by atoms with Crippen LogP contribution in [0.2, 0.25) is 0 Å². The van der Waals surface area contributed by atoms with Crippen molar-refractivity contribution in [3.05, 3.63) is 17.2 Å². The van der Waals surface area contributed by atoms with Gasteiger partial charge in [-0.1, -0.05) is 13.8 Å². The molecule has 2 aliphatic rings. The van der Waals surface area contributed by atoms with E-state index >= 15 is 0 Å². The van der Waals surface area contributed by atoms with Crippen molar-refractivity contribution in [1.82, 2.24) is 15.3 Å². The Hall–Kier alpha value is -0.830. The molecule has 88 valence electrons. The van der Waals surface area contributed by atoms with Gasteiger partial charge < -0.3 is 10.3 Å². The first-order chi connectivity index (χ1) is 7.65. The molecule has 1 aromatic rings. The van der Waals surface area contributed by atoms with E-state index in [-0.39, 0.29) is 5.41 Å². The van der Waals surface area contributed by atoms with Crippen LogP contribution in [0.1, 0.15) is 56.7 Å². The van der Waals surface area contributed by atoms with Crippen LogP contribution in [0, 0.1) is 0 Å². The molecule has 0 aliphatic heterocycles. The van der Waals surface area contributed by atoms with E-state index in [9.17, 15) is 0 Å². The molecule has 1 saturated carbocycles. The van der Waals surface area contributed by atoms with Crippen LogP contribution < -0.4 is 5.32 Å². The molecule has 2 aliphatic carbocycles. The highest BCUT2D eigenvalue weighted by Gasteiger charge is 2.31. The van der Waals surface area contributed by atoms with Crippen LogP contribution in [0.5, 0.6) is 0 Å². The summed E-state index contributed by atoms with van der Waals surface area (Å²) in [7, 11) is 0. The maximum atomic E-state index is 4.79. The zero-order valence-corrected chi connectivity index (χ0v) is 10.3. The van der Waals surface area contributed by atoms with E-state index in [0.717, 1.165) is 18.4 Å². The van der Waals surface area contributed by atoms with Crippen molar-refractivity contribution in [3.8, 4) is 0 Å². The van der Waals surface area contributed by atoms with Gasteiger partial charge in [-0.3, -0.25) is 0 Å². The lowest BCUT2D eigenvalue weighted by atomic mass is 9.78. The van der Waals surface area contributed by atoms with Gasteiger partial charge in [0.1, 0.15) is 5.82 Å². The van der Waals surface area contributed by atoms with Gasteiger partial charge in [0.25, 0.3) is 0 Å². The van der Waals surface area contributed by atoms with Gasteiger partial charge in [0.2, 0.25) is 0 Å². The summed E-state index contributed by atoms with van der Waals surface area (Å²) in [4.78, 5) is 8.28. The SMILES string of the molecule is CC1(C)CCCc2[nH]c(CNC3CC3)nc21. The van der Waals surface area contributed by atoms with Crippen molar-refractivity contribution in [3.63, 3.8) is 0 Å².